The van der Waals surface area contributed by atoms with Crippen molar-refractivity contribution in [3.63, 3.8) is 0 Å². The van der Waals surface area contributed by atoms with Crippen LogP contribution in [0.4, 0.5) is 5.69 Å². The van der Waals surface area contributed by atoms with Gasteiger partial charge in [-0.05, 0) is 43.5 Å². The van der Waals surface area contributed by atoms with E-state index in [1.54, 1.807) is 6.20 Å². The second-order valence-corrected chi connectivity index (χ2v) is 5.07. The number of nitrogens with zero attached hydrogens (tertiary/aromatic N) is 1. The van der Waals surface area contributed by atoms with Gasteiger partial charge in [-0.25, -0.2) is 0 Å². The Morgan fingerprint density at radius 1 is 1.26 bits per heavy atom. The lowest BCUT2D eigenvalue weighted by molar-refractivity contribution is 0.0637. The minimum absolute atomic E-state index is 0.349. The second-order valence-electron chi connectivity index (χ2n) is 5.07. The Labute approximate surface area is 113 Å². The fraction of sp³-hybridized carbons (Fsp3) is 0.400. The van der Waals surface area contributed by atoms with E-state index < -0.39 is 0 Å². The van der Waals surface area contributed by atoms with Crippen molar-refractivity contribution in [2.24, 2.45) is 0 Å². The van der Waals surface area contributed by atoms with Crippen LogP contribution in [0.1, 0.15) is 19.8 Å². The van der Waals surface area contributed by atoms with E-state index in [0.717, 1.165) is 29.9 Å². The summed E-state index contributed by atoms with van der Waals surface area (Å²) in [6.45, 7) is 3.02. The first-order valence-corrected chi connectivity index (χ1v) is 6.80. The Balaban J connectivity index is 1.57. The molecule has 1 aliphatic rings. The summed E-state index contributed by atoms with van der Waals surface area (Å²) >= 11 is 0. The Bertz CT molecular complexity index is 507. The Morgan fingerprint density at radius 2 is 2.11 bits per heavy atom. The molecule has 2 atom stereocenters. The first-order chi connectivity index (χ1) is 9.31. The Morgan fingerprint density at radius 3 is 2.74 bits per heavy atom. The van der Waals surface area contributed by atoms with Gasteiger partial charge >= 0.3 is 0 Å². The lowest BCUT2D eigenvalue weighted by atomic mass is 10.1. The molecule has 0 radical (unpaired) electrons. The zero-order chi connectivity index (χ0) is 13.1. The zero-order valence-electron chi connectivity index (χ0n) is 11.1. The highest BCUT2D eigenvalue weighted by Gasteiger charge is 2.21. The molecule has 0 saturated carbocycles. The number of hydrogen-bond donors (Lipinski definition) is 2. The molecule has 100 valence electrons. The van der Waals surface area contributed by atoms with Gasteiger partial charge in [0.05, 0.1) is 17.9 Å². The molecule has 0 aliphatic carbocycles. The van der Waals surface area contributed by atoms with E-state index in [1.807, 2.05) is 6.07 Å². The number of aromatic amines is 1. The average Bonchev–Trinajstić information content (AvgIpc) is 3.08. The van der Waals surface area contributed by atoms with Crippen molar-refractivity contribution in [2.75, 3.05) is 11.9 Å². The van der Waals surface area contributed by atoms with Crippen molar-refractivity contribution in [3.05, 3.63) is 36.5 Å². The highest BCUT2D eigenvalue weighted by atomic mass is 16.5. The lowest BCUT2D eigenvalue weighted by Gasteiger charge is -2.13. The molecule has 2 aromatic rings. The van der Waals surface area contributed by atoms with E-state index in [9.17, 15) is 0 Å². The summed E-state index contributed by atoms with van der Waals surface area (Å²) in [6.07, 6.45) is 4.85. The minimum Gasteiger partial charge on any atom is -0.382 e. The number of hydrogen-bond acceptors (Lipinski definition) is 3. The number of H-pyrrole nitrogens is 1. The van der Waals surface area contributed by atoms with Gasteiger partial charge in [0.2, 0.25) is 0 Å². The van der Waals surface area contributed by atoms with E-state index in [0.29, 0.717) is 12.2 Å². The lowest BCUT2D eigenvalue weighted by Crippen LogP contribution is -2.19. The molecule has 1 aliphatic heterocycles. The quantitative estimate of drug-likeness (QED) is 0.885. The maximum absolute atomic E-state index is 5.79. The molecule has 1 aromatic carbocycles. The van der Waals surface area contributed by atoms with E-state index in [-0.39, 0.29) is 0 Å². The molecule has 0 bridgehead atoms. The van der Waals surface area contributed by atoms with Crippen molar-refractivity contribution < 1.29 is 4.74 Å². The van der Waals surface area contributed by atoms with Crippen molar-refractivity contribution in [3.8, 4) is 11.3 Å². The molecule has 2 N–H and O–H groups in total. The third-order valence-electron chi connectivity index (χ3n) is 3.55. The smallest absolute Gasteiger partial charge is 0.0751 e. The number of rotatable bonds is 4. The Hall–Kier alpha value is -1.81. The number of aromatic nitrogens is 2. The first-order valence-electron chi connectivity index (χ1n) is 6.80. The first kappa shape index (κ1) is 12.2. The summed E-state index contributed by atoms with van der Waals surface area (Å²) in [4.78, 5) is 0. The molecule has 1 saturated heterocycles. The van der Waals surface area contributed by atoms with E-state index >= 15 is 0 Å². The maximum Gasteiger partial charge on any atom is 0.0751 e. The molecule has 0 amide bonds. The highest BCUT2D eigenvalue weighted by Crippen LogP contribution is 2.21. The molecule has 4 nitrogen and oxygen atoms in total. The van der Waals surface area contributed by atoms with Gasteiger partial charge in [-0.2, -0.15) is 5.10 Å². The highest BCUT2D eigenvalue weighted by molar-refractivity contribution is 5.62. The van der Waals surface area contributed by atoms with Gasteiger partial charge in [0, 0.05) is 18.4 Å². The SMILES string of the molecule is CC1CCC(CNc2ccc(-c3ccn[nH]3)cc2)O1. The molecule has 19 heavy (non-hydrogen) atoms. The second kappa shape index (κ2) is 5.45. The van der Waals surface area contributed by atoms with E-state index in [1.165, 1.54) is 6.42 Å². The zero-order valence-corrected chi connectivity index (χ0v) is 11.1. The van der Waals surface area contributed by atoms with Crippen LogP contribution in [0.15, 0.2) is 36.5 Å². The van der Waals surface area contributed by atoms with Crippen LogP contribution >= 0.6 is 0 Å². The molecule has 4 heteroatoms. The minimum atomic E-state index is 0.349. The molecule has 2 unspecified atom stereocenters. The monoisotopic (exact) mass is 257 g/mol. The number of ether oxygens (including phenoxy) is 1. The van der Waals surface area contributed by atoms with Crippen LogP contribution < -0.4 is 5.32 Å². The topological polar surface area (TPSA) is 49.9 Å². The van der Waals surface area contributed by atoms with Crippen LogP contribution in [-0.2, 0) is 4.74 Å². The predicted molar refractivity (Wildman–Crippen MR) is 76.1 cm³/mol. The van der Waals surface area contributed by atoms with Crippen LogP contribution in [-0.4, -0.2) is 29.0 Å². The van der Waals surface area contributed by atoms with Gasteiger partial charge < -0.3 is 10.1 Å². The summed E-state index contributed by atoms with van der Waals surface area (Å²) in [6, 6.07) is 10.3. The van der Waals surface area contributed by atoms with Crippen LogP contribution in [0.3, 0.4) is 0 Å². The van der Waals surface area contributed by atoms with Crippen LogP contribution in [0.25, 0.3) is 11.3 Å². The fourth-order valence-corrected chi connectivity index (χ4v) is 2.45. The van der Waals surface area contributed by atoms with Crippen molar-refractivity contribution in [2.45, 2.75) is 32.0 Å². The maximum atomic E-state index is 5.79. The predicted octanol–water partition coefficient (Wildman–Crippen LogP) is 3.06. The normalized spacial score (nSPS) is 22.6. The molecule has 0 spiro atoms. The van der Waals surface area contributed by atoms with Gasteiger partial charge in [-0.1, -0.05) is 12.1 Å². The molecular weight excluding hydrogens is 238 g/mol. The van der Waals surface area contributed by atoms with Gasteiger partial charge in [-0.3, -0.25) is 5.10 Å². The summed E-state index contributed by atoms with van der Waals surface area (Å²) in [5, 5.41) is 10.4. The molecule has 3 rings (SSSR count). The fourth-order valence-electron chi connectivity index (χ4n) is 2.45. The van der Waals surface area contributed by atoms with Gasteiger partial charge in [0.1, 0.15) is 0 Å². The summed E-state index contributed by atoms with van der Waals surface area (Å²) < 4.78 is 5.79. The van der Waals surface area contributed by atoms with E-state index in [4.69, 9.17) is 4.74 Å². The number of benzene rings is 1. The Kier molecular flexibility index (Phi) is 3.51. The third kappa shape index (κ3) is 2.96. The van der Waals surface area contributed by atoms with Crippen molar-refractivity contribution in [1.29, 1.82) is 0 Å². The summed E-state index contributed by atoms with van der Waals surface area (Å²) in [5.41, 5.74) is 3.32. The third-order valence-corrected chi connectivity index (χ3v) is 3.55. The number of anilines is 1. The molecule has 1 fully saturated rings. The van der Waals surface area contributed by atoms with Gasteiger partial charge in [-0.15, -0.1) is 0 Å². The molecular formula is C15H19N3O. The van der Waals surface area contributed by atoms with Crippen molar-refractivity contribution >= 4 is 5.69 Å². The van der Waals surface area contributed by atoms with Gasteiger partial charge in [0.15, 0.2) is 0 Å². The number of nitrogens with one attached hydrogen (secondary N) is 2. The average molecular weight is 257 g/mol. The van der Waals surface area contributed by atoms with Crippen LogP contribution in [0.2, 0.25) is 0 Å². The van der Waals surface area contributed by atoms with E-state index in [2.05, 4.69) is 46.7 Å². The largest absolute Gasteiger partial charge is 0.382 e. The summed E-state index contributed by atoms with van der Waals surface area (Å²) in [7, 11) is 0. The standard InChI is InChI=1S/C15H19N3O/c1-11-2-7-14(19-11)10-16-13-5-3-12(4-6-13)15-8-9-17-18-15/h3-6,8-9,11,14,16H,2,7,10H2,1H3,(H,17,18). The van der Waals surface area contributed by atoms with Crippen molar-refractivity contribution in [1.82, 2.24) is 10.2 Å². The van der Waals surface area contributed by atoms with Crippen LogP contribution in [0, 0.1) is 0 Å². The molecule has 2 heterocycles. The summed E-state index contributed by atoms with van der Waals surface area (Å²) in [5.74, 6) is 0. The van der Waals surface area contributed by atoms with Crippen LogP contribution in [0.5, 0.6) is 0 Å². The molecule has 1 aromatic heterocycles. The van der Waals surface area contributed by atoms with Gasteiger partial charge in [0.25, 0.3) is 0 Å².